The monoisotopic (exact) mass is 529 g/mol. The van der Waals surface area contributed by atoms with Crippen molar-refractivity contribution in [2.45, 2.75) is 18.2 Å². The fourth-order valence-electron chi connectivity index (χ4n) is 2.86. The highest BCUT2D eigenvalue weighted by Gasteiger charge is 2.27. The third-order valence-electron chi connectivity index (χ3n) is 4.49. The number of ether oxygens (including phenoxy) is 1. The number of amides is 1. The second kappa shape index (κ2) is 11.6. The number of nitrogens with zero attached hydrogens (tertiary/aromatic N) is 2. The van der Waals surface area contributed by atoms with Crippen LogP contribution in [0.5, 0.6) is 5.75 Å². The topological polar surface area (TPSA) is 88.1 Å². The van der Waals surface area contributed by atoms with Gasteiger partial charge in [-0.3, -0.25) is 9.10 Å². The van der Waals surface area contributed by atoms with Gasteiger partial charge in [0.15, 0.2) is 0 Å². The van der Waals surface area contributed by atoms with Gasteiger partial charge in [0.2, 0.25) is 0 Å². The first kappa shape index (κ1) is 24.5. The van der Waals surface area contributed by atoms with Gasteiger partial charge in [0.1, 0.15) is 12.3 Å². The van der Waals surface area contributed by atoms with Crippen molar-refractivity contribution in [1.29, 1.82) is 0 Å². The molecule has 0 aliphatic rings. The van der Waals surface area contributed by atoms with Crippen molar-refractivity contribution in [1.82, 2.24) is 5.43 Å². The summed E-state index contributed by atoms with van der Waals surface area (Å²) in [5.74, 6) is 0.186. The maximum atomic E-state index is 13.2. The molecule has 0 fully saturated rings. The first-order valence-corrected chi connectivity index (χ1v) is 12.5. The highest BCUT2D eigenvalue weighted by atomic mass is 79.9. The normalized spacial score (nSPS) is 11.3. The third-order valence-corrected chi connectivity index (χ3v) is 6.81. The van der Waals surface area contributed by atoms with Crippen molar-refractivity contribution in [2.75, 3.05) is 17.5 Å². The quantitative estimate of drug-likeness (QED) is 0.307. The van der Waals surface area contributed by atoms with Gasteiger partial charge in [-0.05, 0) is 72.6 Å². The maximum Gasteiger partial charge on any atom is 0.264 e. The van der Waals surface area contributed by atoms with Crippen molar-refractivity contribution in [3.05, 3.63) is 88.9 Å². The van der Waals surface area contributed by atoms with E-state index in [1.165, 1.54) is 18.3 Å². The number of halogens is 1. The van der Waals surface area contributed by atoms with E-state index in [4.69, 9.17) is 4.74 Å². The van der Waals surface area contributed by atoms with Crippen LogP contribution in [0.2, 0.25) is 0 Å². The molecule has 0 unspecified atom stereocenters. The Balaban J connectivity index is 1.72. The number of sulfonamides is 1. The summed E-state index contributed by atoms with van der Waals surface area (Å²) in [5.41, 5.74) is 3.53. The molecule has 3 aromatic carbocycles. The Hall–Kier alpha value is -3.17. The summed E-state index contributed by atoms with van der Waals surface area (Å²) in [4.78, 5) is 12.7. The number of hydrogen-bond donors (Lipinski definition) is 1. The average Bonchev–Trinajstić information content (AvgIpc) is 2.83. The molecule has 7 nitrogen and oxygen atoms in total. The van der Waals surface area contributed by atoms with Crippen LogP contribution in [0.4, 0.5) is 5.69 Å². The van der Waals surface area contributed by atoms with E-state index in [9.17, 15) is 13.2 Å². The molecule has 0 spiro atoms. The van der Waals surface area contributed by atoms with E-state index >= 15 is 0 Å². The number of nitrogens with one attached hydrogen (secondary N) is 1. The van der Waals surface area contributed by atoms with Gasteiger partial charge >= 0.3 is 0 Å². The lowest BCUT2D eigenvalue weighted by Crippen LogP contribution is -2.39. The molecule has 1 amide bonds. The van der Waals surface area contributed by atoms with Crippen LogP contribution in [0.25, 0.3) is 0 Å². The fourth-order valence-corrected chi connectivity index (χ4v) is 4.56. The van der Waals surface area contributed by atoms with Gasteiger partial charge in [-0.15, -0.1) is 0 Å². The summed E-state index contributed by atoms with van der Waals surface area (Å²) in [6.45, 7) is 2.25. The van der Waals surface area contributed by atoms with Gasteiger partial charge in [-0.1, -0.05) is 41.1 Å². The molecule has 1 N–H and O–H groups in total. The molecular weight excluding hydrogens is 506 g/mol. The SMILES string of the molecule is CCCOc1ccc(/C=N\NC(=O)CN(c2ccc(Br)cc2)S(=O)(=O)c2ccccc2)cc1. The first-order valence-electron chi connectivity index (χ1n) is 10.3. The Morgan fingerprint density at radius 1 is 1.03 bits per heavy atom. The zero-order valence-electron chi connectivity index (χ0n) is 18.0. The molecule has 33 heavy (non-hydrogen) atoms. The summed E-state index contributed by atoms with van der Waals surface area (Å²) >= 11 is 3.34. The molecule has 172 valence electrons. The Bertz CT molecular complexity index is 1180. The number of hydrogen-bond acceptors (Lipinski definition) is 5. The standard InChI is InChI=1S/C24H24BrN3O4S/c1-2-16-32-22-14-8-19(9-15-22)17-26-27-24(29)18-28(21-12-10-20(25)11-13-21)33(30,31)23-6-4-3-5-7-23/h3-15,17H,2,16,18H2,1H3,(H,27,29)/b26-17-. The van der Waals surface area contributed by atoms with Crippen LogP contribution in [-0.4, -0.2) is 33.7 Å². The van der Waals surface area contributed by atoms with E-state index in [2.05, 4.69) is 26.5 Å². The smallest absolute Gasteiger partial charge is 0.264 e. The van der Waals surface area contributed by atoms with Crippen LogP contribution < -0.4 is 14.5 Å². The number of carbonyl (C=O) groups excluding carboxylic acids is 1. The van der Waals surface area contributed by atoms with E-state index in [-0.39, 0.29) is 4.90 Å². The molecule has 0 heterocycles. The molecular formula is C24H24BrN3O4S. The van der Waals surface area contributed by atoms with Crippen molar-refractivity contribution in [3.8, 4) is 5.75 Å². The van der Waals surface area contributed by atoms with Crippen LogP contribution in [0.3, 0.4) is 0 Å². The molecule has 0 aliphatic carbocycles. The third kappa shape index (κ3) is 6.90. The maximum absolute atomic E-state index is 13.2. The van der Waals surface area contributed by atoms with Crippen molar-refractivity contribution in [3.63, 3.8) is 0 Å². The summed E-state index contributed by atoms with van der Waals surface area (Å²) in [6.07, 6.45) is 2.41. The van der Waals surface area contributed by atoms with Gasteiger partial charge in [0.25, 0.3) is 15.9 Å². The van der Waals surface area contributed by atoms with E-state index in [1.54, 1.807) is 42.5 Å². The summed E-state index contributed by atoms with van der Waals surface area (Å²) in [6, 6.07) is 21.9. The van der Waals surface area contributed by atoms with Crippen molar-refractivity contribution < 1.29 is 17.9 Å². The minimum atomic E-state index is -3.96. The van der Waals surface area contributed by atoms with E-state index < -0.39 is 22.5 Å². The highest BCUT2D eigenvalue weighted by molar-refractivity contribution is 9.10. The molecule has 0 radical (unpaired) electrons. The predicted molar refractivity (Wildman–Crippen MR) is 133 cm³/mol. The Morgan fingerprint density at radius 2 is 1.70 bits per heavy atom. The van der Waals surface area contributed by atoms with Crippen LogP contribution >= 0.6 is 15.9 Å². The van der Waals surface area contributed by atoms with Gasteiger partial charge in [-0.2, -0.15) is 5.10 Å². The Labute approximate surface area is 202 Å². The van der Waals surface area contributed by atoms with E-state index in [1.807, 2.05) is 31.2 Å². The molecule has 0 saturated carbocycles. The van der Waals surface area contributed by atoms with Crippen LogP contribution in [0, 0.1) is 0 Å². The fraction of sp³-hybridized carbons (Fsp3) is 0.167. The first-order chi connectivity index (χ1) is 15.9. The number of hydrazone groups is 1. The molecule has 0 bridgehead atoms. The second-order valence-electron chi connectivity index (χ2n) is 7.01. The minimum Gasteiger partial charge on any atom is -0.494 e. The summed E-state index contributed by atoms with van der Waals surface area (Å²) in [5, 5.41) is 3.95. The lowest BCUT2D eigenvalue weighted by Gasteiger charge is -2.23. The zero-order valence-corrected chi connectivity index (χ0v) is 20.4. The highest BCUT2D eigenvalue weighted by Crippen LogP contribution is 2.25. The van der Waals surface area contributed by atoms with Gasteiger partial charge in [0.05, 0.1) is 23.4 Å². The van der Waals surface area contributed by atoms with Gasteiger partial charge in [-0.25, -0.2) is 13.8 Å². The molecule has 9 heteroatoms. The largest absolute Gasteiger partial charge is 0.494 e. The molecule has 0 aliphatic heterocycles. The molecule has 3 aromatic rings. The number of rotatable bonds is 10. The van der Waals surface area contributed by atoms with E-state index in [0.29, 0.717) is 12.3 Å². The predicted octanol–water partition coefficient (Wildman–Crippen LogP) is 4.58. The van der Waals surface area contributed by atoms with Crippen molar-refractivity contribution in [2.24, 2.45) is 5.10 Å². The summed E-state index contributed by atoms with van der Waals surface area (Å²) in [7, 11) is -3.96. The van der Waals surface area contributed by atoms with Gasteiger partial charge in [0, 0.05) is 4.47 Å². The van der Waals surface area contributed by atoms with Crippen LogP contribution in [-0.2, 0) is 14.8 Å². The zero-order chi connectivity index (χ0) is 23.7. The number of anilines is 1. The average molecular weight is 530 g/mol. The van der Waals surface area contributed by atoms with Gasteiger partial charge < -0.3 is 4.74 Å². The van der Waals surface area contributed by atoms with Crippen molar-refractivity contribution >= 4 is 43.8 Å². The summed E-state index contributed by atoms with van der Waals surface area (Å²) < 4.78 is 33.9. The lowest BCUT2D eigenvalue weighted by molar-refractivity contribution is -0.119. The molecule has 3 rings (SSSR count). The lowest BCUT2D eigenvalue weighted by atomic mass is 10.2. The Kier molecular flexibility index (Phi) is 8.62. The van der Waals surface area contributed by atoms with E-state index in [0.717, 1.165) is 26.5 Å². The molecule has 0 aromatic heterocycles. The Morgan fingerprint density at radius 3 is 2.33 bits per heavy atom. The minimum absolute atomic E-state index is 0.0922. The molecule has 0 atom stereocenters. The van der Waals surface area contributed by atoms with Crippen LogP contribution in [0.1, 0.15) is 18.9 Å². The molecule has 0 saturated heterocycles. The van der Waals surface area contributed by atoms with Crippen LogP contribution in [0.15, 0.2) is 93.3 Å². The second-order valence-corrected chi connectivity index (χ2v) is 9.79. The number of carbonyl (C=O) groups is 1. The number of benzene rings is 3.